The van der Waals surface area contributed by atoms with Gasteiger partial charge in [-0.05, 0) is 26.1 Å². The zero-order chi connectivity index (χ0) is 19.1. The van der Waals surface area contributed by atoms with Crippen molar-refractivity contribution < 1.29 is 19.1 Å². The molecule has 2 rings (SSSR count). The molecule has 0 aliphatic carbocycles. The molecule has 1 aromatic heterocycles. The van der Waals surface area contributed by atoms with Crippen LogP contribution in [0.2, 0.25) is 0 Å². The number of aliphatic hydroxyl groups is 1. The van der Waals surface area contributed by atoms with Crippen LogP contribution >= 0.6 is 0 Å². The molecule has 0 fully saturated rings. The Morgan fingerprint density at radius 2 is 2.08 bits per heavy atom. The molecule has 0 radical (unpaired) electrons. The van der Waals surface area contributed by atoms with Gasteiger partial charge in [0.25, 0.3) is 5.91 Å². The van der Waals surface area contributed by atoms with Crippen molar-refractivity contribution in [3.8, 4) is 5.75 Å². The predicted octanol–water partition coefficient (Wildman–Crippen LogP) is 1.43. The summed E-state index contributed by atoms with van der Waals surface area (Å²) >= 11 is 0. The number of aryl methyl sites for hydroxylation is 1. The Bertz CT molecular complexity index is 727. The number of hydrogen-bond donors (Lipinski definition) is 4. The molecular weight excluding hydrogens is 334 g/mol. The third-order valence-electron chi connectivity index (χ3n) is 3.98. The van der Waals surface area contributed by atoms with Gasteiger partial charge >= 0.3 is 0 Å². The molecule has 0 aliphatic heterocycles. The maximum atomic E-state index is 12.3. The average molecular weight is 363 g/mol. The number of fused-ring (bicyclic) bond motifs is 1. The van der Waals surface area contributed by atoms with Crippen molar-refractivity contribution >= 4 is 16.9 Å². The van der Waals surface area contributed by atoms with Gasteiger partial charge in [-0.3, -0.25) is 4.79 Å². The number of hydrogen-bond acceptors (Lipinski definition) is 6. The van der Waals surface area contributed by atoms with Gasteiger partial charge in [0, 0.05) is 31.2 Å². The van der Waals surface area contributed by atoms with Crippen LogP contribution in [0.5, 0.6) is 5.75 Å². The Hall–Kier alpha value is -2.09. The summed E-state index contributed by atoms with van der Waals surface area (Å²) in [5.41, 5.74) is 1.32. The fourth-order valence-corrected chi connectivity index (χ4v) is 2.60. The molecule has 7 heteroatoms. The molecule has 7 nitrogen and oxygen atoms in total. The standard InChI is InChI=1S/C19H29N3O4/c1-12(2)22-10-14(23)11-25-15-6-5-7-16-17(15)13(3)18(26-16)19(24)21-9-8-20-4/h5-7,12,14,20,22-23H,8-11H2,1-4H3,(H,21,24). The van der Waals surface area contributed by atoms with Crippen LogP contribution in [-0.2, 0) is 0 Å². The minimum absolute atomic E-state index is 0.160. The molecule has 144 valence electrons. The number of nitrogens with one attached hydrogen (secondary N) is 3. The summed E-state index contributed by atoms with van der Waals surface area (Å²) in [6.07, 6.45) is -0.621. The normalized spacial score (nSPS) is 12.5. The van der Waals surface area contributed by atoms with E-state index in [0.29, 0.717) is 37.0 Å². The second-order valence-electron chi connectivity index (χ2n) is 6.57. The number of likely N-dealkylation sites (N-methyl/N-ethyl adjacent to an activating group) is 1. The highest BCUT2D eigenvalue weighted by atomic mass is 16.5. The van der Waals surface area contributed by atoms with Crippen LogP contribution in [-0.4, -0.2) is 56.4 Å². The lowest BCUT2D eigenvalue weighted by molar-refractivity contribution is 0.0927. The van der Waals surface area contributed by atoms with Crippen molar-refractivity contribution in [2.24, 2.45) is 0 Å². The third-order valence-corrected chi connectivity index (χ3v) is 3.98. The van der Waals surface area contributed by atoms with Crippen molar-refractivity contribution in [2.75, 3.05) is 33.3 Å². The smallest absolute Gasteiger partial charge is 0.287 e. The lowest BCUT2D eigenvalue weighted by atomic mass is 10.1. The number of benzene rings is 1. The molecule has 4 N–H and O–H groups in total. The Morgan fingerprint density at radius 1 is 1.31 bits per heavy atom. The molecule has 0 spiro atoms. The van der Waals surface area contributed by atoms with E-state index in [4.69, 9.17) is 9.15 Å². The topological polar surface area (TPSA) is 95.8 Å². The van der Waals surface area contributed by atoms with E-state index in [1.807, 2.05) is 40.0 Å². The van der Waals surface area contributed by atoms with Gasteiger partial charge in [-0.1, -0.05) is 19.9 Å². The van der Waals surface area contributed by atoms with E-state index >= 15 is 0 Å². The molecular formula is C19H29N3O4. The molecule has 1 amide bonds. The summed E-state index contributed by atoms with van der Waals surface area (Å²) in [6.45, 7) is 7.69. The molecule has 0 aliphatic rings. The Labute approximate surface area is 154 Å². The van der Waals surface area contributed by atoms with Crippen LogP contribution in [0.1, 0.15) is 30.0 Å². The van der Waals surface area contributed by atoms with Crippen molar-refractivity contribution in [1.82, 2.24) is 16.0 Å². The molecule has 0 saturated heterocycles. The van der Waals surface area contributed by atoms with Crippen LogP contribution < -0.4 is 20.7 Å². The molecule has 0 bridgehead atoms. The number of aliphatic hydroxyl groups excluding tert-OH is 1. The van der Waals surface area contributed by atoms with Gasteiger partial charge in [0.15, 0.2) is 5.76 Å². The summed E-state index contributed by atoms with van der Waals surface area (Å²) in [6, 6.07) is 5.72. The second-order valence-corrected chi connectivity index (χ2v) is 6.57. The molecule has 1 aromatic carbocycles. The molecule has 26 heavy (non-hydrogen) atoms. The quantitative estimate of drug-likeness (QED) is 0.477. The first-order valence-electron chi connectivity index (χ1n) is 8.93. The van der Waals surface area contributed by atoms with Gasteiger partial charge in [0.1, 0.15) is 24.0 Å². The SMILES string of the molecule is CNCCNC(=O)c1oc2cccc(OCC(O)CNC(C)C)c2c1C. The number of carbonyl (C=O) groups is 1. The second kappa shape index (κ2) is 9.56. The molecule has 0 saturated carbocycles. The number of carbonyl (C=O) groups excluding carboxylic acids is 1. The zero-order valence-corrected chi connectivity index (χ0v) is 15.9. The van der Waals surface area contributed by atoms with Crippen LogP contribution in [0.3, 0.4) is 0 Å². The summed E-state index contributed by atoms with van der Waals surface area (Å²) in [5.74, 6) is 0.636. The number of rotatable bonds is 10. The molecule has 1 atom stereocenters. The fourth-order valence-electron chi connectivity index (χ4n) is 2.60. The van der Waals surface area contributed by atoms with Crippen LogP contribution in [0, 0.1) is 6.92 Å². The highest BCUT2D eigenvalue weighted by molar-refractivity contribution is 6.00. The van der Waals surface area contributed by atoms with Gasteiger partial charge < -0.3 is 30.2 Å². The van der Waals surface area contributed by atoms with E-state index in [-0.39, 0.29) is 18.3 Å². The van der Waals surface area contributed by atoms with Gasteiger partial charge in [0.2, 0.25) is 0 Å². The Balaban J connectivity index is 2.12. The van der Waals surface area contributed by atoms with Crippen molar-refractivity contribution in [1.29, 1.82) is 0 Å². The van der Waals surface area contributed by atoms with E-state index in [1.54, 1.807) is 6.07 Å². The number of furan rings is 1. The Morgan fingerprint density at radius 3 is 2.77 bits per heavy atom. The number of amides is 1. The zero-order valence-electron chi connectivity index (χ0n) is 15.9. The van der Waals surface area contributed by atoms with Gasteiger partial charge in [-0.2, -0.15) is 0 Å². The van der Waals surface area contributed by atoms with Crippen LogP contribution in [0.25, 0.3) is 11.0 Å². The maximum Gasteiger partial charge on any atom is 0.287 e. The molecule has 2 aromatic rings. The fraction of sp³-hybridized carbons (Fsp3) is 0.526. The minimum atomic E-state index is -0.621. The highest BCUT2D eigenvalue weighted by Gasteiger charge is 2.20. The minimum Gasteiger partial charge on any atom is -0.490 e. The lowest BCUT2D eigenvalue weighted by Crippen LogP contribution is -2.35. The first-order chi connectivity index (χ1) is 12.4. The molecule has 1 unspecified atom stereocenters. The first-order valence-corrected chi connectivity index (χ1v) is 8.93. The van der Waals surface area contributed by atoms with Crippen LogP contribution in [0.4, 0.5) is 0 Å². The maximum absolute atomic E-state index is 12.3. The largest absolute Gasteiger partial charge is 0.490 e. The van der Waals surface area contributed by atoms with Crippen LogP contribution in [0.15, 0.2) is 22.6 Å². The summed E-state index contributed by atoms with van der Waals surface area (Å²) in [4.78, 5) is 12.3. The van der Waals surface area contributed by atoms with E-state index in [2.05, 4.69) is 16.0 Å². The summed E-state index contributed by atoms with van der Waals surface area (Å²) < 4.78 is 11.5. The van der Waals surface area contributed by atoms with E-state index in [1.165, 1.54) is 0 Å². The average Bonchev–Trinajstić information content (AvgIpc) is 2.96. The van der Waals surface area contributed by atoms with E-state index in [9.17, 15) is 9.90 Å². The number of ether oxygens (including phenoxy) is 1. The monoisotopic (exact) mass is 363 g/mol. The third kappa shape index (κ3) is 5.20. The van der Waals surface area contributed by atoms with Crippen molar-refractivity contribution in [3.05, 3.63) is 29.5 Å². The molecule has 1 heterocycles. The van der Waals surface area contributed by atoms with Crippen molar-refractivity contribution in [3.63, 3.8) is 0 Å². The van der Waals surface area contributed by atoms with Gasteiger partial charge in [-0.25, -0.2) is 0 Å². The van der Waals surface area contributed by atoms with Gasteiger partial charge in [0.05, 0.1) is 5.39 Å². The highest BCUT2D eigenvalue weighted by Crippen LogP contribution is 2.33. The predicted molar refractivity (Wildman–Crippen MR) is 102 cm³/mol. The van der Waals surface area contributed by atoms with Gasteiger partial charge in [-0.15, -0.1) is 0 Å². The van der Waals surface area contributed by atoms with Crippen molar-refractivity contribution in [2.45, 2.75) is 32.9 Å². The Kier molecular flexibility index (Phi) is 7.44. The van der Waals surface area contributed by atoms with E-state index in [0.717, 1.165) is 10.9 Å². The first kappa shape index (κ1) is 20.2. The summed E-state index contributed by atoms with van der Waals surface area (Å²) in [5, 5.41) is 19.7. The van der Waals surface area contributed by atoms with E-state index < -0.39 is 6.10 Å². The lowest BCUT2D eigenvalue weighted by Gasteiger charge is -2.15. The summed E-state index contributed by atoms with van der Waals surface area (Å²) in [7, 11) is 1.83.